The molecule has 1 amide bonds. The van der Waals surface area contributed by atoms with Gasteiger partial charge in [-0.3, -0.25) is 9.69 Å². The van der Waals surface area contributed by atoms with E-state index in [2.05, 4.69) is 47.2 Å². The van der Waals surface area contributed by atoms with Gasteiger partial charge in [-0.2, -0.15) is 0 Å². The molecule has 1 aliphatic rings. The number of carbonyl (C=O) groups is 1. The summed E-state index contributed by atoms with van der Waals surface area (Å²) in [6.45, 7) is 8.54. The molecule has 5 heteroatoms. The Kier molecular flexibility index (Phi) is 7.02. The van der Waals surface area contributed by atoms with Crippen molar-refractivity contribution in [3.05, 3.63) is 35.9 Å². The van der Waals surface area contributed by atoms with Gasteiger partial charge in [-0.25, -0.2) is 0 Å². The van der Waals surface area contributed by atoms with Gasteiger partial charge < -0.3 is 15.5 Å². The SMILES string of the molecule is CC(N)CC(=O)N1CCN(CCN(C)Cc2ccccc2)CC1. The second kappa shape index (κ2) is 9.01. The van der Waals surface area contributed by atoms with Gasteiger partial charge in [-0.1, -0.05) is 30.3 Å². The highest BCUT2D eigenvalue weighted by Gasteiger charge is 2.21. The number of rotatable bonds is 7. The van der Waals surface area contributed by atoms with E-state index in [1.807, 2.05) is 11.8 Å². The van der Waals surface area contributed by atoms with Crippen molar-refractivity contribution in [3.63, 3.8) is 0 Å². The van der Waals surface area contributed by atoms with Crippen LogP contribution in [-0.2, 0) is 11.3 Å². The predicted octanol–water partition coefficient (Wildman–Crippen LogP) is 1.000. The van der Waals surface area contributed by atoms with Crippen molar-refractivity contribution in [3.8, 4) is 0 Å². The van der Waals surface area contributed by atoms with Crippen LogP contribution in [0.4, 0.5) is 0 Å². The maximum Gasteiger partial charge on any atom is 0.224 e. The number of nitrogens with two attached hydrogens (primary N) is 1. The van der Waals surface area contributed by atoms with E-state index >= 15 is 0 Å². The second-order valence-electron chi connectivity index (χ2n) is 6.63. The van der Waals surface area contributed by atoms with Crippen LogP contribution in [-0.4, -0.2) is 73.0 Å². The fourth-order valence-electron chi connectivity index (χ4n) is 2.91. The van der Waals surface area contributed by atoms with E-state index in [-0.39, 0.29) is 11.9 Å². The average Bonchev–Trinajstić information content (AvgIpc) is 2.54. The summed E-state index contributed by atoms with van der Waals surface area (Å²) in [5, 5.41) is 0. The van der Waals surface area contributed by atoms with Crippen molar-refractivity contribution in [2.75, 3.05) is 46.3 Å². The standard InChI is InChI=1S/C18H30N4O/c1-16(19)14-18(23)22-12-10-21(11-13-22)9-8-20(2)15-17-6-4-3-5-7-17/h3-7,16H,8-15,19H2,1-2H3. The van der Waals surface area contributed by atoms with E-state index in [1.165, 1.54) is 5.56 Å². The summed E-state index contributed by atoms with van der Waals surface area (Å²) in [4.78, 5) is 18.7. The number of piperazine rings is 1. The number of nitrogens with zero attached hydrogens (tertiary/aromatic N) is 3. The Hall–Kier alpha value is -1.43. The zero-order valence-corrected chi connectivity index (χ0v) is 14.4. The largest absolute Gasteiger partial charge is 0.340 e. The molecule has 5 nitrogen and oxygen atoms in total. The molecule has 2 N–H and O–H groups in total. The Balaban J connectivity index is 1.65. The molecule has 1 atom stereocenters. The molecule has 1 heterocycles. The highest BCUT2D eigenvalue weighted by atomic mass is 16.2. The monoisotopic (exact) mass is 318 g/mol. The molecule has 0 spiro atoms. The van der Waals surface area contributed by atoms with Gasteiger partial charge in [-0.05, 0) is 19.5 Å². The molecular weight excluding hydrogens is 288 g/mol. The third-order valence-corrected chi connectivity index (χ3v) is 4.31. The van der Waals surface area contributed by atoms with Crippen LogP contribution in [0.1, 0.15) is 18.9 Å². The van der Waals surface area contributed by atoms with E-state index in [0.29, 0.717) is 6.42 Å². The molecule has 1 saturated heterocycles. The normalized spacial score (nSPS) is 17.5. The van der Waals surface area contributed by atoms with Gasteiger partial charge in [0, 0.05) is 58.3 Å². The van der Waals surface area contributed by atoms with E-state index in [9.17, 15) is 4.79 Å². The van der Waals surface area contributed by atoms with Crippen molar-refractivity contribution < 1.29 is 4.79 Å². The summed E-state index contributed by atoms with van der Waals surface area (Å²) in [5.74, 6) is 0.195. The molecule has 1 fully saturated rings. The summed E-state index contributed by atoms with van der Waals surface area (Å²) in [7, 11) is 2.16. The lowest BCUT2D eigenvalue weighted by Gasteiger charge is -2.35. The minimum absolute atomic E-state index is 0.0489. The minimum Gasteiger partial charge on any atom is -0.340 e. The Morgan fingerprint density at radius 1 is 1.22 bits per heavy atom. The molecule has 1 aromatic rings. The molecule has 0 radical (unpaired) electrons. The third kappa shape index (κ3) is 6.29. The maximum absolute atomic E-state index is 12.0. The molecular formula is C18H30N4O. The molecule has 23 heavy (non-hydrogen) atoms. The van der Waals surface area contributed by atoms with Crippen LogP contribution in [0.5, 0.6) is 0 Å². The summed E-state index contributed by atoms with van der Waals surface area (Å²) in [6, 6.07) is 10.5. The fourth-order valence-corrected chi connectivity index (χ4v) is 2.91. The smallest absolute Gasteiger partial charge is 0.224 e. The quantitative estimate of drug-likeness (QED) is 0.815. The van der Waals surface area contributed by atoms with Gasteiger partial charge in [0.05, 0.1) is 0 Å². The topological polar surface area (TPSA) is 52.8 Å². The third-order valence-electron chi connectivity index (χ3n) is 4.31. The number of hydrogen-bond acceptors (Lipinski definition) is 4. The second-order valence-corrected chi connectivity index (χ2v) is 6.63. The molecule has 1 aromatic carbocycles. The first-order valence-corrected chi connectivity index (χ1v) is 8.53. The zero-order valence-electron chi connectivity index (χ0n) is 14.4. The first-order valence-electron chi connectivity index (χ1n) is 8.53. The lowest BCUT2D eigenvalue weighted by atomic mass is 10.2. The molecule has 0 aromatic heterocycles. The van der Waals surface area contributed by atoms with Crippen LogP contribution in [0.3, 0.4) is 0 Å². The predicted molar refractivity (Wildman–Crippen MR) is 94.1 cm³/mol. The minimum atomic E-state index is -0.0489. The van der Waals surface area contributed by atoms with E-state index in [0.717, 1.165) is 45.8 Å². The van der Waals surface area contributed by atoms with E-state index in [4.69, 9.17) is 5.73 Å². The van der Waals surface area contributed by atoms with Crippen LogP contribution in [0.2, 0.25) is 0 Å². The zero-order chi connectivity index (χ0) is 16.7. The van der Waals surface area contributed by atoms with Crippen LogP contribution < -0.4 is 5.73 Å². The maximum atomic E-state index is 12.0. The molecule has 0 bridgehead atoms. The number of carbonyl (C=O) groups excluding carboxylic acids is 1. The first-order chi connectivity index (χ1) is 11.0. The number of likely N-dealkylation sites (N-methyl/N-ethyl adjacent to an activating group) is 1. The van der Waals surface area contributed by atoms with Crippen molar-refractivity contribution in [2.45, 2.75) is 25.9 Å². The summed E-state index contributed by atoms with van der Waals surface area (Å²) < 4.78 is 0. The van der Waals surface area contributed by atoms with E-state index < -0.39 is 0 Å². The lowest BCUT2D eigenvalue weighted by Crippen LogP contribution is -2.50. The van der Waals surface area contributed by atoms with E-state index in [1.54, 1.807) is 0 Å². The number of benzene rings is 1. The van der Waals surface area contributed by atoms with Crippen molar-refractivity contribution in [1.82, 2.24) is 14.7 Å². The Labute approximate surface area is 140 Å². The van der Waals surface area contributed by atoms with Crippen LogP contribution in [0.15, 0.2) is 30.3 Å². The van der Waals surface area contributed by atoms with Gasteiger partial charge in [0.2, 0.25) is 5.91 Å². The van der Waals surface area contributed by atoms with Crippen LogP contribution in [0, 0.1) is 0 Å². The van der Waals surface area contributed by atoms with Gasteiger partial charge in [0.25, 0.3) is 0 Å². The van der Waals surface area contributed by atoms with Crippen LogP contribution in [0.25, 0.3) is 0 Å². The number of amides is 1. The summed E-state index contributed by atoms with van der Waals surface area (Å²) in [6.07, 6.45) is 0.458. The van der Waals surface area contributed by atoms with Crippen molar-refractivity contribution in [1.29, 1.82) is 0 Å². The van der Waals surface area contributed by atoms with Gasteiger partial charge in [0.15, 0.2) is 0 Å². The average molecular weight is 318 g/mol. The van der Waals surface area contributed by atoms with Crippen molar-refractivity contribution in [2.24, 2.45) is 5.73 Å². The Morgan fingerprint density at radius 3 is 2.48 bits per heavy atom. The van der Waals surface area contributed by atoms with Gasteiger partial charge in [0.1, 0.15) is 0 Å². The fraction of sp³-hybridized carbons (Fsp3) is 0.611. The lowest BCUT2D eigenvalue weighted by molar-refractivity contribution is -0.133. The Bertz CT molecular complexity index is 469. The molecule has 0 aliphatic carbocycles. The van der Waals surface area contributed by atoms with Crippen molar-refractivity contribution >= 4 is 5.91 Å². The molecule has 2 rings (SSSR count). The summed E-state index contributed by atoms with van der Waals surface area (Å²) in [5.41, 5.74) is 7.06. The highest BCUT2D eigenvalue weighted by Crippen LogP contribution is 2.06. The Morgan fingerprint density at radius 2 is 1.87 bits per heavy atom. The number of hydrogen-bond donors (Lipinski definition) is 1. The van der Waals surface area contributed by atoms with Gasteiger partial charge in [-0.15, -0.1) is 0 Å². The van der Waals surface area contributed by atoms with Gasteiger partial charge >= 0.3 is 0 Å². The molecule has 1 aliphatic heterocycles. The first kappa shape index (κ1) is 17.9. The highest BCUT2D eigenvalue weighted by molar-refractivity contribution is 5.76. The summed E-state index contributed by atoms with van der Waals surface area (Å²) >= 11 is 0. The van der Waals surface area contributed by atoms with Crippen LogP contribution >= 0.6 is 0 Å². The molecule has 0 saturated carbocycles. The molecule has 1 unspecified atom stereocenters. The molecule has 128 valence electrons.